The van der Waals surface area contributed by atoms with E-state index in [1.807, 2.05) is 0 Å². The zero-order valence-corrected chi connectivity index (χ0v) is 8.62. The molecule has 0 N–H and O–H groups in total. The molecule has 16 heavy (non-hydrogen) atoms. The number of Topliss-reactive ketones (excluding diaryl/α,β-unsaturated/α-hetero) is 2. The average Bonchev–Trinajstić information content (AvgIpc) is 2.28. The molecule has 0 unspecified atom stereocenters. The lowest BCUT2D eigenvalue weighted by Crippen LogP contribution is -2.20. The minimum atomic E-state index is 0.0300. The van der Waals surface area contributed by atoms with Gasteiger partial charge in [0.1, 0.15) is 11.5 Å². The molecule has 0 saturated carbocycles. The van der Waals surface area contributed by atoms with E-state index in [0.29, 0.717) is 48.7 Å². The van der Waals surface area contributed by atoms with Crippen molar-refractivity contribution in [3.05, 3.63) is 23.3 Å². The Balaban J connectivity index is 2.18. The van der Waals surface area contributed by atoms with Gasteiger partial charge in [-0.05, 0) is 6.07 Å². The van der Waals surface area contributed by atoms with Gasteiger partial charge >= 0.3 is 0 Å². The molecule has 0 aliphatic carbocycles. The van der Waals surface area contributed by atoms with Gasteiger partial charge in [-0.15, -0.1) is 0 Å². The van der Waals surface area contributed by atoms with Gasteiger partial charge in [0, 0.05) is 18.9 Å². The summed E-state index contributed by atoms with van der Waals surface area (Å²) in [6, 6.07) is 3.26. The Morgan fingerprint density at radius 2 is 1.31 bits per heavy atom. The van der Waals surface area contributed by atoms with Crippen LogP contribution in [0.25, 0.3) is 0 Å². The fourth-order valence-corrected chi connectivity index (χ4v) is 2.01. The van der Waals surface area contributed by atoms with Gasteiger partial charge in [-0.25, -0.2) is 0 Å². The zero-order valence-electron chi connectivity index (χ0n) is 8.62. The fraction of sp³-hybridized carbons (Fsp3) is 0.333. The van der Waals surface area contributed by atoms with Crippen LogP contribution in [-0.4, -0.2) is 24.8 Å². The van der Waals surface area contributed by atoms with Crippen molar-refractivity contribution in [2.75, 3.05) is 13.2 Å². The zero-order chi connectivity index (χ0) is 11.1. The van der Waals surface area contributed by atoms with Crippen molar-refractivity contribution in [1.29, 1.82) is 0 Å². The summed E-state index contributed by atoms with van der Waals surface area (Å²) in [5, 5.41) is 0. The summed E-state index contributed by atoms with van der Waals surface area (Å²) in [5.74, 6) is 1.12. The summed E-state index contributed by atoms with van der Waals surface area (Å²) >= 11 is 0. The standard InChI is InChI=1S/C12H10O4/c13-9-1-3-15-11-6-12-8(5-7(9)11)10(14)2-4-16-12/h5-6H,1-4H2. The van der Waals surface area contributed by atoms with E-state index in [9.17, 15) is 9.59 Å². The van der Waals surface area contributed by atoms with Crippen LogP contribution >= 0.6 is 0 Å². The number of hydrogen-bond donors (Lipinski definition) is 0. The first-order chi connectivity index (χ1) is 7.75. The van der Waals surface area contributed by atoms with E-state index < -0.39 is 0 Å². The second-order valence-corrected chi connectivity index (χ2v) is 3.89. The number of ketones is 2. The molecule has 1 aromatic rings. The highest BCUT2D eigenvalue weighted by molar-refractivity contribution is 6.05. The molecular formula is C12H10O4. The van der Waals surface area contributed by atoms with Crippen LogP contribution < -0.4 is 9.47 Å². The lowest BCUT2D eigenvalue weighted by molar-refractivity contribution is 0.0927. The Bertz CT molecular complexity index is 449. The number of carbonyl (C=O) groups is 2. The third-order valence-corrected chi connectivity index (χ3v) is 2.86. The van der Waals surface area contributed by atoms with Crippen molar-refractivity contribution in [2.45, 2.75) is 12.8 Å². The number of rotatable bonds is 0. The SMILES string of the molecule is O=C1CCOc2cc3c(cc21)C(=O)CCO3. The van der Waals surface area contributed by atoms with Crippen LogP contribution in [-0.2, 0) is 0 Å². The number of benzene rings is 1. The molecular weight excluding hydrogens is 208 g/mol. The Labute approximate surface area is 92.2 Å². The first-order valence-corrected chi connectivity index (χ1v) is 5.26. The second-order valence-electron chi connectivity index (χ2n) is 3.89. The summed E-state index contributed by atoms with van der Waals surface area (Å²) in [7, 11) is 0. The van der Waals surface area contributed by atoms with Gasteiger partial charge in [-0.3, -0.25) is 9.59 Å². The molecule has 0 atom stereocenters. The van der Waals surface area contributed by atoms with E-state index in [-0.39, 0.29) is 11.6 Å². The molecule has 2 aliphatic heterocycles. The Kier molecular flexibility index (Phi) is 1.96. The third-order valence-electron chi connectivity index (χ3n) is 2.86. The third kappa shape index (κ3) is 1.30. The van der Waals surface area contributed by atoms with Crippen LogP contribution in [0.5, 0.6) is 11.5 Å². The van der Waals surface area contributed by atoms with Crippen molar-refractivity contribution in [1.82, 2.24) is 0 Å². The maximum atomic E-state index is 11.6. The largest absolute Gasteiger partial charge is 0.492 e. The highest BCUT2D eigenvalue weighted by Gasteiger charge is 2.26. The summed E-state index contributed by atoms with van der Waals surface area (Å²) < 4.78 is 10.8. The van der Waals surface area contributed by atoms with Gasteiger partial charge in [0.05, 0.1) is 24.3 Å². The molecule has 3 rings (SSSR count). The van der Waals surface area contributed by atoms with Crippen molar-refractivity contribution >= 4 is 11.6 Å². The van der Waals surface area contributed by atoms with E-state index in [1.165, 1.54) is 0 Å². The van der Waals surface area contributed by atoms with Crippen molar-refractivity contribution in [3.63, 3.8) is 0 Å². The van der Waals surface area contributed by atoms with Gasteiger partial charge in [-0.2, -0.15) is 0 Å². The quantitative estimate of drug-likeness (QED) is 0.664. The predicted molar refractivity (Wildman–Crippen MR) is 55.3 cm³/mol. The van der Waals surface area contributed by atoms with Crippen LogP contribution in [0, 0.1) is 0 Å². The molecule has 0 saturated heterocycles. The van der Waals surface area contributed by atoms with E-state index >= 15 is 0 Å². The maximum absolute atomic E-state index is 11.6. The smallest absolute Gasteiger partial charge is 0.170 e. The molecule has 4 heteroatoms. The van der Waals surface area contributed by atoms with Crippen molar-refractivity contribution in [2.24, 2.45) is 0 Å². The lowest BCUT2D eigenvalue weighted by Gasteiger charge is -2.21. The first-order valence-electron chi connectivity index (χ1n) is 5.26. The van der Waals surface area contributed by atoms with Crippen LogP contribution in [0.2, 0.25) is 0 Å². The molecule has 0 bridgehead atoms. The summed E-state index contributed by atoms with van der Waals surface area (Å²) in [6.07, 6.45) is 0.752. The average molecular weight is 218 g/mol. The molecule has 0 spiro atoms. The highest BCUT2D eigenvalue weighted by Crippen LogP contribution is 2.34. The summed E-state index contributed by atoms with van der Waals surface area (Å²) in [4.78, 5) is 23.3. The first kappa shape index (κ1) is 9.39. The van der Waals surface area contributed by atoms with E-state index in [4.69, 9.17) is 9.47 Å². The van der Waals surface area contributed by atoms with Crippen LogP contribution in [0.15, 0.2) is 12.1 Å². The normalized spacial score (nSPS) is 18.2. The van der Waals surface area contributed by atoms with Gasteiger partial charge in [-0.1, -0.05) is 0 Å². The van der Waals surface area contributed by atoms with Gasteiger partial charge < -0.3 is 9.47 Å². The molecule has 82 valence electrons. The molecule has 2 heterocycles. The van der Waals surface area contributed by atoms with Gasteiger partial charge in [0.15, 0.2) is 11.6 Å². The molecule has 0 fully saturated rings. The maximum Gasteiger partial charge on any atom is 0.170 e. The van der Waals surface area contributed by atoms with Crippen molar-refractivity contribution < 1.29 is 19.1 Å². The van der Waals surface area contributed by atoms with E-state index in [0.717, 1.165) is 0 Å². The number of ether oxygens (including phenoxy) is 2. The number of hydrogen-bond acceptors (Lipinski definition) is 4. The monoisotopic (exact) mass is 218 g/mol. The summed E-state index contributed by atoms with van der Waals surface area (Å²) in [5.41, 5.74) is 1.01. The minimum Gasteiger partial charge on any atom is -0.492 e. The minimum absolute atomic E-state index is 0.0300. The molecule has 4 nitrogen and oxygen atoms in total. The van der Waals surface area contributed by atoms with Crippen LogP contribution in [0.3, 0.4) is 0 Å². The van der Waals surface area contributed by atoms with Gasteiger partial charge in [0.2, 0.25) is 0 Å². The second kappa shape index (κ2) is 3.33. The van der Waals surface area contributed by atoms with Crippen LogP contribution in [0.4, 0.5) is 0 Å². The molecule has 0 radical (unpaired) electrons. The number of fused-ring (bicyclic) bond motifs is 2. The molecule has 0 aromatic heterocycles. The Morgan fingerprint density at radius 1 is 0.812 bits per heavy atom. The fourth-order valence-electron chi connectivity index (χ4n) is 2.01. The topological polar surface area (TPSA) is 52.6 Å². The summed E-state index contributed by atoms with van der Waals surface area (Å²) in [6.45, 7) is 0.803. The Hall–Kier alpha value is -1.84. The highest BCUT2D eigenvalue weighted by atomic mass is 16.5. The van der Waals surface area contributed by atoms with Gasteiger partial charge in [0.25, 0.3) is 0 Å². The molecule has 1 aromatic carbocycles. The molecule has 2 aliphatic rings. The predicted octanol–water partition coefficient (Wildman–Crippen LogP) is 1.62. The van der Waals surface area contributed by atoms with Crippen molar-refractivity contribution in [3.8, 4) is 11.5 Å². The van der Waals surface area contributed by atoms with Crippen LogP contribution in [0.1, 0.15) is 33.6 Å². The lowest BCUT2D eigenvalue weighted by atomic mass is 9.97. The van der Waals surface area contributed by atoms with E-state index in [2.05, 4.69) is 0 Å². The molecule has 0 amide bonds. The van der Waals surface area contributed by atoms with E-state index in [1.54, 1.807) is 12.1 Å². The Morgan fingerprint density at radius 3 is 1.81 bits per heavy atom. The number of carbonyl (C=O) groups excluding carboxylic acids is 2.